The molecule has 4 rings (SSSR count). The van der Waals surface area contributed by atoms with Gasteiger partial charge in [0, 0.05) is 29.7 Å². The zero-order valence-electron chi connectivity index (χ0n) is 20.9. The molecule has 0 heterocycles. The first-order valence-electron chi connectivity index (χ1n) is 12.3. The number of esters is 1. The van der Waals surface area contributed by atoms with Crippen molar-refractivity contribution < 1.29 is 29.6 Å². The topological polar surface area (TPSA) is 104 Å². The Morgan fingerprint density at radius 1 is 1.14 bits per heavy atom. The summed E-state index contributed by atoms with van der Waals surface area (Å²) in [7, 11) is 0. The minimum Gasteiger partial charge on any atom is -0.455 e. The Morgan fingerprint density at radius 3 is 2.46 bits per heavy atom. The second kappa shape index (κ2) is 9.16. The van der Waals surface area contributed by atoms with Crippen LogP contribution in [0.15, 0.2) is 59.7 Å². The minimum atomic E-state index is -1.24. The fourth-order valence-corrected chi connectivity index (χ4v) is 6.73. The van der Waals surface area contributed by atoms with Crippen molar-refractivity contribution in [3.8, 4) is 0 Å². The molecule has 0 aromatic heterocycles. The van der Waals surface area contributed by atoms with Gasteiger partial charge in [0.25, 0.3) is 0 Å². The monoisotopic (exact) mass is 480 g/mol. The molecular formula is C29H36O6. The fraction of sp³-hybridized carbons (Fsp3) is 0.517. The predicted octanol–water partition coefficient (Wildman–Crippen LogP) is 3.61. The van der Waals surface area contributed by atoms with E-state index in [4.69, 9.17) is 4.74 Å². The summed E-state index contributed by atoms with van der Waals surface area (Å²) >= 11 is 0. The number of allylic oxidation sites excluding steroid dienone is 1. The number of benzene rings is 1. The van der Waals surface area contributed by atoms with Crippen LogP contribution in [-0.4, -0.2) is 51.5 Å². The maximum atomic E-state index is 12.8. The number of ketones is 1. The lowest BCUT2D eigenvalue weighted by Crippen LogP contribution is -2.62. The van der Waals surface area contributed by atoms with Crippen molar-refractivity contribution in [3.05, 3.63) is 65.3 Å². The number of rotatable bonds is 3. The molecule has 0 amide bonds. The third-order valence-electron chi connectivity index (χ3n) is 8.81. The third kappa shape index (κ3) is 4.22. The van der Waals surface area contributed by atoms with Crippen molar-refractivity contribution in [3.63, 3.8) is 0 Å². The Hall–Kier alpha value is -2.54. The number of ether oxygens (including phenoxy) is 1. The number of fused-ring (bicyclic) bond motifs is 3. The zero-order valence-corrected chi connectivity index (χ0v) is 20.9. The van der Waals surface area contributed by atoms with Crippen molar-refractivity contribution in [2.75, 3.05) is 0 Å². The molecule has 6 nitrogen and oxygen atoms in total. The first-order chi connectivity index (χ1) is 16.4. The molecule has 7 atom stereocenters. The van der Waals surface area contributed by atoms with Gasteiger partial charge >= 0.3 is 5.97 Å². The minimum absolute atomic E-state index is 0.131. The van der Waals surface area contributed by atoms with Crippen molar-refractivity contribution in [2.24, 2.45) is 22.7 Å². The number of carbonyl (C=O) groups is 2. The van der Waals surface area contributed by atoms with Crippen LogP contribution in [0.4, 0.5) is 0 Å². The highest BCUT2D eigenvalue weighted by atomic mass is 16.5. The van der Waals surface area contributed by atoms with E-state index >= 15 is 0 Å². The summed E-state index contributed by atoms with van der Waals surface area (Å²) in [6, 6.07) is 9.41. The average molecular weight is 481 g/mol. The zero-order chi connectivity index (χ0) is 25.7. The van der Waals surface area contributed by atoms with Gasteiger partial charge in [0.05, 0.1) is 12.2 Å². The molecule has 2 bridgehead atoms. The van der Waals surface area contributed by atoms with E-state index in [0.29, 0.717) is 29.6 Å². The van der Waals surface area contributed by atoms with Crippen molar-refractivity contribution in [1.29, 1.82) is 0 Å². The lowest BCUT2D eigenvalue weighted by molar-refractivity contribution is -0.163. The molecule has 1 aromatic rings. The highest BCUT2D eigenvalue weighted by Gasteiger charge is 2.60. The maximum Gasteiger partial charge on any atom is 0.331 e. The third-order valence-corrected chi connectivity index (χ3v) is 8.81. The number of Topliss-reactive ketones (excluding diaryl/α,β-unsaturated/α-hetero) is 1. The van der Waals surface area contributed by atoms with Crippen LogP contribution in [0.2, 0.25) is 0 Å². The van der Waals surface area contributed by atoms with Crippen molar-refractivity contribution in [2.45, 2.75) is 71.4 Å². The number of aliphatic hydroxyl groups excluding tert-OH is 3. The molecule has 6 heteroatoms. The summed E-state index contributed by atoms with van der Waals surface area (Å²) in [6.07, 6.45) is -0.0747. The van der Waals surface area contributed by atoms with E-state index in [2.05, 4.69) is 6.58 Å². The molecule has 3 N–H and O–H groups in total. The molecule has 2 fully saturated rings. The number of aliphatic hydroxyl groups is 3. The van der Waals surface area contributed by atoms with Gasteiger partial charge in [-0.05, 0) is 53.5 Å². The Kier molecular flexibility index (Phi) is 6.68. The predicted molar refractivity (Wildman–Crippen MR) is 133 cm³/mol. The smallest absolute Gasteiger partial charge is 0.331 e. The summed E-state index contributed by atoms with van der Waals surface area (Å²) in [4.78, 5) is 25.4. The molecule has 35 heavy (non-hydrogen) atoms. The Balaban J connectivity index is 1.65. The Bertz CT molecular complexity index is 1080. The number of carbonyl (C=O) groups excluding carboxylic acids is 2. The van der Waals surface area contributed by atoms with Gasteiger partial charge in [0.1, 0.15) is 12.2 Å². The normalized spacial score (nSPS) is 37.0. The van der Waals surface area contributed by atoms with Gasteiger partial charge in [-0.25, -0.2) is 4.79 Å². The van der Waals surface area contributed by atoms with Crippen LogP contribution in [0.25, 0.3) is 6.08 Å². The standard InChI is InChI=1S/C29H36O6/c1-16-20(30)15-19-25(32)24-17(2)21(35-22(31)12-11-18-9-7-6-8-10-18)13-14-29(24,5)27(34)26(33)23(16)28(19,3)4/h6-12,19,21,24-27,32-34H,2,13-15H2,1,3-5H3/b12-11+/t19-,21-,24-,25+,26+,27-,29+/m0/s1. The van der Waals surface area contributed by atoms with E-state index in [0.717, 1.165) is 5.56 Å². The first-order valence-corrected chi connectivity index (χ1v) is 12.3. The van der Waals surface area contributed by atoms with E-state index in [1.54, 1.807) is 13.0 Å². The molecule has 0 saturated heterocycles. The fourth-order valence-electron chi connectivity index (χ4n) is 6.73. The molecule has 1 aromatic carbocycles. The highest BCUT2D eigenvalue weighted by molar-refractivity contribution is 5.97. The molecular weight excluding hydrogens is 444 g/mol. The Morgan fingerprint density at radius 2 is 1.80 bits per heavy atom. The van der Waals surface area contributed by atoms with E-state index in [-0.39, 0.29) is 12.2 Å². The van der Waals surface area contributed by atoms with Crippen LogP contribution in [0.1, 0.15) is 52.5 Å². The molecule has 0 aliphatic heterocycles. The van der Waals surface area contributed by atoms with Gasteiger partial charge in [-0.3, -0.25) is 4.79 Å². The summed E-state index contributed by atoms with van der Waals surface area (Å²) in [5.74, 6) is -1.77. The largest absolute Gasteiger partial charge is 0.455 e. The summed E-state index contributed by atoms with van der Waals surface area (Å²) in [5.41, 5.74) is 0.752. The van der Waals surface area contributed by atoms with Gasteiger partial charge in [0.2, 0.25) is 0 Å². The summed E-state index contributed by atoms with van der Waals surface area (Å²) in [5, 5.41) is 34.5. The van der Waals surface area contributed by atoms with E-state index < -0.39 is 53.1 Å². The quantitative estimate of drug-likeness (QED) is 0.347. The molecule has 0 spiro atoms. The Labute approximate surface area is 207 Å². The highest BCUT2D eigenvalue weighted by Crippen LogP contribution is 2.58. The summed E-state index contributed by atoms with van der Waals surface area (Å²) < 4.78 is 5.74. The van der Waals surface area contributed by atoms with E-state index in [1.165, 1.54) is 6.08 Å². The molecule has 188 valence electrons. The maximum absolute atomic E-state index is 12.8. The van der Waals surface area contributed by atoms with Crippen molar-refractivity contribution >= 4 is 17.8 Å². The van der Waals surface area contributed by atoms with Crippen LogP contribution in [-0.2, 0) is 14.3 Å². The second-order valence-electron chi connectivity index (χ2n) is 11.1. The van der Waals surface area contributed by atoms with Crippen LogP contribution in [0.3, 0.4) is 0 Å². The lowest BCUT2D eigenvalue weighted by Gasteiger charge is -2.58. The average Bonchev–Trinajstić information content (AvgIpc) is 2.81. The first kappa shape index (κ1) is 25.5. The van der Waals surface area contributed by atoms with Gasteiger partial charge in [-0.2, -0.15) is 0 Å². The van der Waals surface area contributed by atoms with Gasteiger partial charge in [-0.15, -0.1) is 0 Å². The van der Waals surface area contributed by atoms with Crippen LogP contribution < -0.4 is 0 Å². The molecule has 0 unspecified atom stereocenters. The SMILES string of the molecule is C=C1[C@@H](OC(=O)/C=C/c2ccccc2)CC[C@@]2(C)[C@@H](O)[C@H](O)C3=C(C)C(=O)C[C@@H]([C@@H](O)[C@H]12)C3(C)C. The molecule has 0 radical (unpaired) electrons. The second-order valence-corrected chi connectivity index (χ2v) is 11.1. The molecule has 3 aliphatic carbocycles. The van der Waals surface area contributed by atoms with E-state index in [9.17, 15) is 24.9 Å². The number of hydrogen-bond donors (Lipinski definition) is 3. The van der Waals surface area contributed by atoms with Crippen LogP contribution in [0, 0.1) is 22.7 Å². The van der Waals surface area contributed by atoms with Crippen LogP contribution >= 0.6 is 0 Å². The van der Waals surface area contributed by atoms with Gasteiger partial charge in [0.15, 0.2) is 5.78 Å². The summed E-state index contributed by atoms with van der Waals surface area (Å²) in [6.45, 7) is 11.6. The molecule has 2 saturated carbocycles. The lowest BCUT2D eigenvalue weighted by atomic mass is 9.49. The van der Waals surface area contributed by atoms with Gasteiger partial charge < -0.3 is 20.1 Å². The van der Waals surface area contributed by atoms with E-state index in [1.807, 2.05) is 51.1 Å². The molecule has 3 aliphatic rings. The van der Waals surface area contributed by atoms with Gasteiger partial charge in [-0.1, -0.05) is 57.7 Å². The van der Waals surface area contributed by atoms with Crippen molar-refractivity contribution in [1.82, 2.24) is 0 Å². The van der Waals surface area contributed by atoms with Crippen LogP contribution in [0.5, 0.6) is 0 Å². The number of hydrogen-bond acceptors (Lipinski definition) is 6.